The van der Waals surface area contributed by atoms with E-state index in [4.69, 9.17) is 18.9 Å². The lowest BCUT2D eigenvalue weighted by Gasteiger charge is -2.46. The van der Waals surface area contributed by atoms with Crippen LogP contribution in [0.1, 0.15) is 206 Å². The maximum absolute atomic E-state index is 13.3. The molecular weight excluding hydrogens is 1010 g/mol. The predicted octanol–water partition coefficient (Wildman–Crippen LogP) is 11.2. The molecule has 0 aromatic rings. The molecule has 0 aromatic heterocycles. The summed E-state index contributed by atoms with van der Waals surface area (Å²) in [6, 6.07) is -0.946. The third kappa shape index (κ3) is 34.9. The van der Waals surface area contributed by atoms with Crippen molar-refractivity contribution in [3.63, 3.8) is 0 Å². The first-order valence-electron chi connectivity index (χ1n) is 31.1. The van der Waals surface area contributed by atoms with Crippen molar-refractivity contribution < 1.29 is 64.6 Å². The Kier molecular flexibility index (Phi) is 45.6. The number of carbonyl (C=O) groups is 1. The number of hydrogen-bond acceptors (Lipinski definition) is 13. The molecule has 9 N–H and O–H groups in total. The first-order valence-corrected chi connectivity index (χ1v) is 31.1. The van der Waals surface area contributed by atoms with Crippen LogP contribution in [-0.2, 0) is 23.7 Å². The summed E-state index contributed by atoms with van der Waals surface area (Å²) >= 11 is 0. The van der Waals surface area contributed by atoms with Crippen molar-refractivity contribution in [1.82, 2.24) is 5.32 Å². The summed E-state index contributed by atoms with van der Waals surface area (Å²) in [6.07, 6.45) is 54.1. The van der Waals surface area contributed by atoms with Gasteiger partial charge >= 0.3 is 0 Å². The van der Waals surface area contributed by atoms with Gasteiger partial charge in [0.1, 0.15) is 48.8 Å². The van der Waals surface area contributed by atoms with E-state index in [1.807, 2.05) is 6.08 Å². The van der Waals surface area contributed by atoms with Gasteiger partial charge in [0, 0.05) is 6.42 Å². The largest absolute Gasteiger partial charge is 0.394 e. The lowest BCUT2D eigenvalue weighted by Crippen LogP contribution is -2.65. The van der Waals surface area contributed by atoms with E-state index < -0.39 is 86.8 Å². The van der Waals surface area contributed by atoms with Gasteiger partial charge in [0.05, 0.1) is 32.0 Å². The monoisotopic (exact) mass is 1130 g/mol. The van der Waals surface area contributed by atoms with Crippen LogP contribution in [0.25, 0.3) is 0 Å². The molecule has 458 valence electrons. The SMILES string of the molecule is CC/C=C\C/C=C\C/C=C\C/C=C\C/C=C\C/C=C\C/C=C\CCCCCCCCCC(=O)NC(COC1OC(CO)C(OC2OC(CO)C(O)C(O)C2O)C(O)C1O)C(O)/C=C/CC/C=C/CCCCCCCCCCCCC. The van der Waals surface area contributed by atoms with E-state index in [0.29, 0.717) is 12.8 Å². The Morgan fingerprint density at radius 1 is 0.463 bits per heavy atom. The van der Waals surface area contributed by atoms with Gasteiger partial charge in [-0.1, -0.05) is 220 Å². The molecule has 0 bridgehead atoms. The third-order valence-electron chi connectivity index (χ3n) is 14.4. The summed E-state index contributed by atoms with van der Waals surface area (Å²) < 4.78 is 22.8. The summed E-state index contributed by atoms with van der Waals surface area (Å²) in [6.45, 7) is 2.65. The Balaban J connectivity index is 1.75. The molecule has 0 saturated carbocycles. The number of ether oxygens (including phenoxy) is 4. The second-order valence-electron chi connectivity index (χ2n) is 21.4. The molecule has 2 aliphatic rings. The smallest absolute Gasteiger partial charge is 0.220 e. The molecule has 14 heteroatoms. The van der Waals surface area contributed by atoms with Gasteiger partial charge in [0.25, 0.3) is 0 Å². The first kappa shape index (κ1) is 72.8. The van der Waals surface area contributed by atoms with E-state index in [2.05, 4.69) is 116 Å². The van der Waals surface area contributed by atoms with Crippen LogP contribution in [0.2, 0.25) is 0 Å². The predicted molar refractivity (Wildman–Crippen MR) is 322 cm³/mol. The fourth-order valence-electron chi connectivity index (χ4n) is 9.46. The number of allylic oxidation sites excluding steroid dienone is 17. The number of hydrogen-bond donors (Lipinski definition) is 9. The van der Waals surface area contributed by atoms with Crippen molar-refractivity contribution in [2.24, 2.45) is 0 Å². The zero-order valence-electron chi connectivity index (χ0n) is 49.3. The van der Waals surface area contributed by atoms with Crippen LogP contribution in [0.4, 0.5) is 0 Å². The van der Waals surface area contributed by atoms with E-state index in [0.717, 1.165) is 103 Å². The number of aliphatic hydroxyl groups is 8. The maximum atomic E-state index is 13.3. The number of aliphatic hydroxyl groups excluding tert-OH is 8. The Morgan fingerprint density at radius 2 is 0.875 bits per heavy atom. The highest BCUT2D eigenvalue weighted by molar-refractivity contribution is 5.76. The zero-order chi connectivity index (χ0) is 58.1. The topological polar surface area (TPSA) is 228 Å². The quantitative estimate of drug-likeness (QED) is 0.0204. The number of nitrogens with one attached hydrogen (secondary N) is 1. The molecular formula is C66H111NO13. The van der Waals surface area contributed by atoms with Crippen LogP contribution in [0.15, 0.2) is 109 Å². The van der Waals surface area contributed by atoms with E-state index in [9.17, 15) is 45.6 Å². The molecule has 14 nitrogen and oxygen atoms in total. The second-order valence-corrected chi connectivity index (χ2v) is 21.4. The molecule has 80 heavy (non-hydrogen) atoms. The number of rotatable bonds is 48. The van der Waals surface area contributed by atoms with Crippen molar-refractivity contribution in [1.29, 1.82) is 0 Å². The third-order valence-corrected chi connectivity index (χ3v) is 14.4. The van der Waals surface area contributed by atoms with Gasteiger partial charge in [-0.2, -0.15) is 0 Å². The van der Waals surface area contributed by atoms with Crippen molar-refractivity contribution in [3.8, 4) is 0 Å². The summed E-state index contributed by atoms with van der Waals surface area (Å²) in [5, 5.41) is 87.1. The van der Waals surface area contributed by atoms with Gasteiger partial charge in [-0.05, 0) is 89.9 Å². The minimum atomic E-state index is -1.80. The molecule has 2 heterocycles. The second kappa shape index (κ2) is 50.2. The van der Waals surface area contributed by atoms with E-state index >= 15 is 0 Å². The van der Waals surface area contributed by atoms with Crippen LogP contribution in [0.3, 0.4) is 0 Å². The molecule has 1 amide bonds. The van der Waals surface area contributed by atoms with Crippen molar-refractivity contribution in [2.45, 2.75) is 280 Å². The standard InChI is InChI=1S/C66H111NO13/c1-3-5-7-9-11-13-15-17-19-21-22-23-24-25-26-27-28-29-30-31-32-34-36-38-40-42-44-46-48-50-58(71)67-54(55(70)49-47-45-43-41-39-37-35-33-20-18-16-14-12-10-8-6-4-2)53-77-65-63(76)61(74)64(57(52-69)79-65)80-66-62(75)60(73)59(72)56(51-68)78-66/h5,7,11,13,17,19,22-23,25-26,28-29,31-32,39,41,47,49,54-57,59-66,68-70,72-76H,3-4,6,8-10,12,14-16,18,20-21,24,27,30,33-38,40,42-46,48,50-53H2,1-2H3,(H,67,71)/b7-5-,13-11-,19-17-,23-22-,26-25-,29-28-,32-31-,41-39+,49-47+. The first-order chi connectivity index (χ1) is 39.1. The Bertz CT molecular complexity index is 1760. The van der Waals surface area contributed by atoms with Gasteiger partial charge in [0.15, 0.2) is 12.6 Å². The fraction of sp³-hybridized carbons (Fsp3) is 0.712. The molecule has 12 unspecified atom stereocenters. The highest BCUT2D eigenvalue weighted by Gasteiger charge is 2.51. The minimum absolute atomic E-state index is 0.253. The van der Waals surface area contributed by atoms with Crippen LogP contribution >= 0.6 is 0 Å². The van der Waals surface area contributed by atoms with Crippen LogP contribution < -0.4 is 5.32 Å². The Morgan fingerprint density at radius 3 is 1.38 bits per heavy atom. The van der Waals surface area contributed by atoms with Crippen molar-refractivity contribution in [2.75, 3.05) is 19.8 Å². The van der Waals surface area contributed by atoms with E-state index in [1.54, 1.807) is 6.08 Å². The lowest BCUT2D eigenvalue weighted by atomic mass is 9.97. The van der Waals surface area contributed by atoms with Crippen LogP contribution in [-0.4, -0.2) is 140 Å². The van der Waals surface area contributed by atoms with Crippen LogP contribution in [0, 0.1) is 0 Å². The van der Waals surface area contributed by atoms with Gasteiger partial charge < -0.3 is 65.1 Å². The van der Waals surface area contributed by atoms with E-state index in [-0.39, 0.29) is 18.9 Å². The van der Waals surface area contributed by atoms with Gasteiger partial charge in [-0.15, -0.1) is 0 Å². The van der Waals surface area contributed by atoms with Gasteiger partial charge in [0.2, 0.25) is 5.91 Å². The summed E-state index contributed by atoms with van der Waals surface area (Å²) in [7, 11) is 0. The molecule has 2 rings (SSSR count). The highest BCUT2D eigenvalue weighted by atomic mass is 16.7. The Hall–Kier alpha value is -3.35. The fourth-order valence-corrected chi connectivity index (χ4v) is 9.46. The number of carbonyl (C=O) groups excluding carboxylic acids is 1. The average Bonchev–Trinajstić information content (AvgIpc) is 3.46. The van der Waals surface area contributed by atoms with E-state index in [1.165, 1.54) is 70.6 Å². The molecule has 0 aromatic carbocycles. The van der Waals surface area contributed by atoms with Crippen LogP contribution in [0.5, 0.6) is 0 Å². The van der Waals surface area contributed by atoms with Gasteiger partial charge in [-0.3, -0.25) is 4.79 Å². The molecule has 2 saturated heterocycles. The number of amides is 1. The normalized spacial score (nSPS) is 25.0. The molecule has 2 fully saturated rings. The summed E-state index contributed by atoms with van der Waals surface area (Å²) in [4.78, 5) is 13.3. The molecule has 0 aliphatic carbocycles. The van der Waals surface area contributed by atoms with Crippen molar-refractivity contribution >= 4 is 5.91 Å². The van der Waals surface area contributed by atoms with Crippen molar-refractivity contribution in [3.05, 3.63) is 109 Å². The maximum Gasteiger partial charge on any atom is 0.220 e. The minimum Gasteiger partial charge on any atom is -0.394 e. The molecule has 0 radical (unpaired) electrons. The summed E-state index contributed by atoms with van der Waals surface area (Å²) in [5.41, 5.74) is 0. The zero-order valence-corrected chi connectivity index (χ0v) is 49.3. The summed E-state index contributed by atoms with van der Waals surface area (Å²) in [5.74, 6) is -0.265. The Labute approximate surface area is 483 Å². The number of unbranched alkanes of at least 4 members (excludes halogenated alkanes) is 19. The average molecular weight is 1130 g/mol. The molecule has 12 atom stereocenters. The van der Waals surface area contributed by atoms with Gasteiger partial charge in [-0.25, -0.2) is 0 Å². The molecule has 0 spiro atoms. The lowest BCUT2D eigenvalue weighted by molar-refractivity contribution is -0.359. The highest BCUT2D eigenvalue weighted by Crippen LogP contribution is 2.30. The molecule has 2 aliphatic heterocycles.